The fraction of sp³-hybridized carbons (Fsp3) is 0.143. The van der Waals surface area contributed by atoms with Crippen LogP contribution in [0.15, 0.2) is 77.4 Å². The minimum absolute atomic E-state index is 0.0925. The van der Waals surface area contributed by atoms with Crippen LogP contribution in [0.25, 0.3) is 16.6 Å². The zero-order valence-electron chi connectivity index (χ0n) is 14.0. The molecule has 0 saturated carbocycles. The van der Waals surface area contributed by atoms with Crippen molar-refractivity contribution in [2.45, 2.75) is 19.8 Å². The quantitative estimate of drug-likeness (QED) is 0.719. The SMILES string of the molecule is Cc1cc2c(cn1)c(=O)cc(OC1=CCCC=C1)n2-c1ccccc1. The van der Waals surface area contributed by atoms with Gasteiger partial charge < -0.3 is 4.74 Å². The number of nitrogens with zero attached hydrogens (tertiary/aromatic N) is 2. The van der Waals surface area contributed by atoms with Crippen LogP contribution in [-0.4, -0.2) is 9.55 Å². The van der Waals surface area contributed by atoms with Gasteiger partial charge in [0.2, 0.25) is 5.88 Å². The molecule has 1 aliphatic rings. The van der Waals surface area contributed by atoms with E-state index in [0.717, 1.165) is 35.5 Å². The first-order chi connectivity index (χ1) is 12.2. The molecule has 0 atom stereocenters. The molecule has 0 radical (unpaired) electrons. The molecule has 3 aromatic rings. The molecule has 0 N–H and O–H groups in total. The van der Waals surface area contributed by atoms with E-state index in [1.54, 1.807) is 6.20 Å². The monoisotopic (exact) mass is 330 g/mol. The summed E-state index contributed by atoms with van der Waals surface area (Å²) in [6.45, 7) is 1.92. The summed E-state index contributed by atoms with van der Waals surface area (Å²) in [5.41, 5.74) is 2.49. The van der Waals surface area contributed by atoms with Gasteiger partial charge in [0.1, 0.15) is 5.76 Å². The topological polar surface area (TPSA) is 44.1 Å². The van der Waals surface area contributed by atoms with E-state index >= 15 is 0 Å². The second kappa shape index (κ2) is 6.40. The molecule has 1 aliphatic carbocycles. The summed E-state index contributed by atoms with van der Waals surface area (Å²) >= 11 is 0. The van der Waals surface area contributed by atoms with Crippen LogP contribution in [0.3, 0.4) is 0 Å². The van der Waals surface area contributed by atoms with Gasteiger partial charge >= 0.3 is 0 Å². The summed E-state index contributed by atoms with van der Waals surface area (Å²) in [5, 5.41) is 0.579. The highest BCUT2D eigenvalue weighted by atomic mass is 16.5. The van der Waals surface area contributed by atoms with E-state index in [4.69, 9.17) is 4.74 Å². The molecule has 0 bridgehead atoms. The van der Waals surface area contributed by atoms with Crippen molar-refractivity contribution in [3.05, 3.63) is 88.6 Å². The number of rotatable bonds is 3. The van der Waals surface area contributed by atoms with Crippen LogP contribution in [0.2, 0.25) is 0 Å². The van der Waals surface area contributed by atoms with Crippen molar-refractivity contribution in [3.63, 3.8) is 0 Å². The minimum atomic E-state index is -0.0925. The number of hydrogen-bond donors (Lipinski definition) is 0. The zero-order valence-corrected chi connectivity index (χ0v) is 14.0. The summed E-state index contributed by atoms with van der Waals surface area (Å²) < 4.78 is 8.05. The Morgan fingerprint density at radius 2 is 1.96 bits per heavy atom. The molecular weight excluding hydrogens is 312 g/mol. The molecule has 124 valence electrons. The van der Waals surface area contributed by atoms with Crippen molar-refractivity contribution >= 4 is 10.9 Å². The van der Waals surface area contributed by atoms with E-state index in [-0.39, 0.29) is 5.43 Å². The number of hydrogen-bond acceptors (Lipinski definition) is 3. The predicted octanol–water partition coefficient (Wildman–Crippen LogP) is 4.31. The Bertz CT molecular complexity index is 1050. The van der Waals surface area contributed by atoms with Crippen molar-refractivity contribution in [2.75, 3.05) is 0 Å². The molecule has 0 amide bonds. The number of ether oxygens (including phenoxy) is 1. The average molecular weight is 330 g/mol. The highest BCUT2D eigenvalue weighted by Crippen LogP contribution is 2.26. The molecule has 2 aromatic heterocycles. The number of aryl methyl sites for hydroxylation is 1. The van der Waals surface area contributed by atoms with E-state index < -0.39 is 0 Å². The Balaban J connectivity index is 1.99. The molecule has 0 saturated heterocycles. The first kappa shape index (κ1) is 15.4. The maximum atomic E-state index is 12.6. The number of allylic oxidation sites excluding steroid dienone is 3. The lowest BCUT2D eigenvalue weighted by atomic mass is 10.2. The van der Waals surface area contributed by atoms with Crippen LogP contribution in [0.5, 0.6) is 5.88 Å². The van der Waals surface area contributed by atoms with E-state index in [1.807, 2.05) is 60.0 Å². The van der Waals surface area contributed by atoms with Crippen LogP contribution in [-0.2, 0) is 0 Å². The number of fused-ring (bicyclic) bond motifs is 1. The molecule has 0 spiro atoms. The number of benzene rings is 1. The fourth-order valence-corrected chi connectivity index (χ4v) is 3.00. The summed E-state index contributed by atoms with van der Waals surface area (Å²) in [5.74, 6) is 1.27. The molecule has 4 nitrogen and oxygen atoms in total. The second-order valence-electron chi connectivity index (χ2n) is 6.05. The molecule has 0 fully saturated rings. The largest absolute Gasteiger partial charge is 0.441 e. The van der Waals surface area contributed by atoms with Crippen molar-refractivity contribution in [1.29, 1.82) is 0 Å². The molecule has 0 aliphatic heterocycles. The van der Waals surface area contributed by atoms with E-state index in [2.05, 4.69) is 11.1 Å². The molecule has 1 aromatic carbocycles. The van der Waals surface area contributed by atoms with Crippen LogP contribution in [0.4, 0.5) is 0 Å². The minimum Gasteiger partial charge on any atom is -0.441 e. The van der Waals surface area contributed by atoms with Crippen LogP contribution in [0, 0.1) is 6.92 Å². The Kier molecular flexibility index (Phi) is 3.94. The third-order valence-corrected chi connectivity index (χ3v) is 4.20. The molecule has 4 heteroatoms. The summed E-state index contributed by atoms with van der Waals surface area (Å²) in [7, 11) is 0. The Hall–Kier alpha value is -3.14. The van der Waals surface area contributed by atoms with Gasteiger partial charge in [0.15, 0.2) is 5.43 Å². The van der Waals surface area contributed by atoms with Gasteiger partial charge in [-0.05, 0) is 50.1 Å². The van der Waals surface area contributed by atoms with Crippen LogP contribution < -0.4 is 10.2 Å². The van der Waals surface area contributed by atoms with Gasteiger partial charge in [-0.25, -0.2) is 0 Å². The second-order valence-corrected chi connectivity index (χ2v) is 6.05. The predicted molar refractivity (Wildman–Crippen MR) is 99.2 cm³/mol. The van der Waals surface area contributed by atoms with Crippen LogP contribution in [0.1, 0.15) is 18.5 Å². The normalized spacial score (nSPS) is 13.7. The third kappa shape index (κ3) is 2.98. The van der Waals surface area contributed by atoms with E-state index in [1.165, 1.54) is 6.07 Å². The van der Waals surface area contributed by atoms with Crippen LogP contribution >= 0.6 is 0 Å². The highest BCUT2D eigenvalue weighted by Gasteiger charge is 2.14. The molecule has 2 heterocycles. The smallest absolute Gasteiger partial charge is 0.208 e. The van der Waals surface area contributed by atoms with E-state index in [0.29, 0.717) is 11.3 Å². The lowest BCUT2D eigenvalue weighted by Gasteiger charge is -2.18. The fourth-order valence-electron chi connectivity index (χ4n) is 3.00. The summed E-state index contributed by atoms with van der Waals surface area (Å²) in [6, 6.07) is 13.4. The lowest BCUT2D eigenvalue weighted by molar-refractivity contribution is 0.412. The first-order valence-corrected chi connectivity index (χ1v) is 8.35. The van der Waals surface area contributed by atoms with Gasteiger partial charge in [0.05, 0.1) is 10.9 Å². The van der Waals surface area contributed by atoms with Crippen molar-refractivity contribution in [1.82, 2.24) is 9.55 Å². The number of pyridine rings is 2. The van der Waals surface area contributed by atoms with Gasteiger partial charge in [-0.3, -0.25) is 14.3 Å². The summed E-state index contributed by atoms with van der Waals surface area (Å²) in [6.07, 6.45) is 9.66. The Morgan fingerprint density at radius 1 is 1.12 bits per heavy atom. The maximum Gasteiger partial charge on any atom is 0.208 e. The summed E-state index contributed by atoms with van der Waals surface area (Å²) in [4.78, 5) is 16.8. The van der Waals surface area contributed by atoms with Crippen molar-refractivity contribution < 1.29 is 4.74 Å². The van der Waals surface area contributed by atoms with Gasteiger partial charge in [0.25, 0.3) is 0 Å². The first-order valence-electron chi connectivity index (χ1n) is 8.35. The van der Waals surface area contributed by atoms with Gasteiger partial charge in [0, 0.05) is 23.6 Å². The molecule has 4 rings (SSSR count). The Morgan fingerprint density at radius 3 is 2.72 bits per heavy atom. The van der Waals surface area contributed by atoms with Gasteiger partial charge in [-0.15, -0.1) is 0 Å². The van der Waals surface area contributed by atoms with E-state index in [9.17, 15) is 4.79 Å². The van der Waals surface area contributed by atoms with Crippen molar-refractivity contribution in [2.24, 2.45) is 0 Å². The standard InChI is InChI=1S/C21H18N2O2/c1-15-12-19-18(14-22-15)20(24)13-21(25-17-10-6-3-7-11-17)23(19)16-8-4-2-5-9-16/h2,4-6,8-14H,3,7H2,1H3. The zero-order chi connectivity index (χ0) is 17.2. The molecule has 25 heavy (non-hydrogen) atoms. The number of para-hydroxylation sites is 1. The Labute approximate surface area is 145 Å². The number of aromatic nitrogens is 2. The lowest BCUT2D eigenvalue weighted by Crippen LogP contribution is -2.12. The highest BCUT2D eigenvalue weighted by molar-refractivity contribution is 5.81. The maximum absolute atomic E-state index is 12.6. The molecular formula is C21H18N2O2. The average Bonchev–Trinajstić information content (AvgIpc) is 2.63. The molecule has 0 unspecified atom stereocenters. The van der Waals surface area contributed by atoms with Gasteiger partial charge in [-0.1, -0.05) is 24.3 Å². The third-order valence-electron chi connectivity index (χ3n) is 4.20. The van der Waals surface area contributed by atoms with Crippen molar-refractivity contribution in [3.8, 4) is 11.6 Å². The van der Waals surface area contributed by atoms with Gasteiger partial charge in [-0.2, -0.15) is 0 Å².